The highest BCUT2D eigenvalue weighted by atomic mass is 16.4. The normalized spacial score (nSPS) is 12.4. The Morgan fingerprint density at radius 1 is 1.42 bits per heavy atom. The van der Waals surface area contributed by atoms with Crippen LogP contribution in [-0.4, -0.2) is 27.6 Å². The van der Waals surface area contributed by atoms with Gasteiger partial charge >= 0.3 is 5.97 Å². The number of aryl methyl sites for hydroxylation is 1. The summed E-state index contributed by atoms with van der Waals surface area (Å²) in [6.07, 6.45) is 3.63. The zero-order valence-corrected chi connectivity index (χ0v) is 11.9. The van der Waals surface area contributed by atoms with Crippen molar-refractivity contribution in [3.8, 4) is 0 Å². The number of rotatable bonds is 8. The van der Waals surface area contributed by atoms with Crippen LogP contribution in [0.4, 0.5) is 5.95 Å². The van der Waals surface area contributed by atoms with Gasteiger partial charge in [-0.3, -0.25) is 4.79 Å². The van der Waals surface area contributed by atoms with E-state index in [9.17, 15) is 4.79 Å². The molecule has 0 saturated heterocycles. The van der Waals surface area contributed by atoms with Crippen LogP contribution in [0.2, 0.25) is 0 Å². The highest BCUT2D eigenvalue weighted by Gasteiger charge is 2.14. The fraction of sp³-hybridized carbons (Fsp3) is 0.643. The minimum Gasteiger partial charge on any atom is -0.481 e. The van der Waals surface area contributed by atoms with E-state index in [-0.39, 0.29) is 6.42 Å². The molecule has 1 aromatic rings. The van der Waals surface area contributed by atoms with Crippen molar-refractivity contribution >= 4 is 11.9 Å². The maximum Gasteiger partial charge on any atom is 0.303 e. The first kappa shape index (κ1) is 15.4. The number of nitrogens with one attached hydrogen (secondary N) is 1. The number of carboxylic acid groups (broad SMARTS) is 1. The van der Waals surface area contributed by atoms with Crippen LogP contribution in [0.3, 0.4) is 0 Å². The number of aliphatic carboxylic acids is 1. The van der Waals surface area contributed by atoms with Crippen molar-refractivity contribution in [1.29, 1.82) is 0 Å². The quantitative estimate of drug-likeness (QED) is 0.756. The molecule has 0 spiro atoms. The number of carbonyl (C=O) groups is 1. The van der Waals surface area contributed by atoms with Gasteiger partial charge in [0.05, 0.1) is 0 Å². The molecule has 5 heteroatoms. The molecular weight excluding hydrogens is 242 g/mol. The van der Waals surface area contributed by atoms with Crippen molar-refractivity contribution in [2.75, 3.05) is 11.9 Å². The number of aromatic nitrogens is 2. The molecule has 0 radical (unpaired) electrons. The molecular formula is C14H23N3O2. The number of anilines is 1. The molecule has 0 aliphatic rings. The molecule has 106 valence electrons. The number of nitrogens with zero attached hydrogens (tertiary/aromatic N) is 2. The number of hydrogen-bond acceptors (Lipinski definition) is 4. The minimum absolute atomic E-state index is 0.240. The summed E-state index contributed by atoms with van der Waals surface area (Å²) in [6, 6.07) is 1.86. The summed E-state index contributed by atoms with van der Waals surface area (Å²) in [5.74, 6) is 0.814. The van der Waals surface area contributed by atoms with E-state index >= 15 is 0 Å². The molecule has 1 heterocycles. The summed E-state index contributed by atoms with van der Waals surface area (Å²) in [6.45, 7) is 6.97. The molecule has 19 heavy (non-hydrogen) atoms. The molecule has 5 nitrogen and oxygen atoms in total. The van der Waals surface area contributed by atoms with Crippen molar-refractivity contribution in [2.45, 2.75) is 40.0 Å². The van der Waals surface area contributed by atoms with Gasteiger partial charge in [-0.05, 0) is 37.7 Å². The van der Waals surface area contributed by atoms with E-state index in [1.165, 1.54) is 0 Å². The van der Waals surface area contributed by atoms with Gasteiger partial charge in [-0.25, -0.2) is 9.97 Å². The van der Waals surface area contributed by atoms with Crippen LogP contribution in [0, 0.1) is 18.8 Å². The van der Waals surface area contributed by atoms with Gasteiger partial charge in [-0.1, -0.05) is 13.8 Å². The lowest BCUT2D eigenvalue weighted by Crippen LogP contribution is -2.16. The summed E-state index contributed by atoms with van der Waals surface area (Å²) in [5, 5.41) is 11.9. The van der Waals surface area contributed by atoms with Gasteiger partial charge in [0.2, 0.25) is 5.95 Å². The molecule has 0 aliphatic carbocycles. The minimum atomic E-state index is -0.722. The van der Waals surface area contributed by atoms with Gasteiger partial charge in [-0.2, -0.15) is 0 Å². The number of carboxylic acids is 1. The topological polar surface area (TPSA) is 75.1 Å². The summed E-state index contributed by atoms with van der Waals surface area (Å²) in [5.41, 5.74) is 0.934. The van der Waals surface area contributed by atoms with E-state index in [4.69, 9.17) is 5.11 Å². The summed E-state index contributed by atoms with van der Waals surface area (Å²) < 4.78 is 0. The number of hydrogen-bond donors (Lipinski definition) is 2. The zero-order valence-electron chi connectivity index (χ0n) is 11.9. The van der Waals surface area contributed by atoms with E-state index < -0.39 is 5.97 Å². The highest BCUT2D eigenvalue weighted by Crippen LogP contribution is 2.21. The predicted octanol–water partition coefficient (Wildman–Crippen LogP) is 2.72. The lowest BCUT2D eigenvalue weighted by Gasteiger charge is -2.20. The smallest absolute Gasteiger partial charge is 0.303 e. The zero-order chi connectivity index (χ0) is 14.3. The average molecular weight is 265 g/mol. The molecule has 1 unspecified atom stereocenters. The molecule has 1 atom stereocenters. The SMILES string of the molecule is Cc1ccnc(NCCC(CCC(=O)O)C(C)C)n1. The van der Waals surface area contributed by atoms with Gasteiger partial charge in [0.15, 0.2) is 0 Å². The largest absolute Gasteiger partial charge is 0.481 e. The molecule has 2 N–H and O–H groups in total. The second kappa shape index (κ2) is 7.71. The maximum atomic E-state index is 10.6. The third-order valence-corrected chi connectivity index (χ3v) is 3.26. The Balaban J connectivity index is 2.37. The van der Waals surface area contributed by atoms with Crippen LogP contribution >= 0.6 is 0 Å². The lowest BCUT2D eigenvalue weighted by molar-refractivity contribution is -0.137. The van der Waals surface area contributed by atoms with E-state index in [1.807, 2.05) is 13.0 Å². The first-order chi connectivity index (χ1) is 8.99. The first-order valence-electron chi connectivity index (χ1n) is 6.74. The van der Waals surface area contributed by atoms with E-state index in [0.29, 0.717) is 17.8 Å². The Kier molecular flexibility index (Phi) is 6.25. The second-order valence-corrected chi connectivity index (χ2v) is 5.17. The molecule has 0 bridgehead atoms. The van der Waals surface area contributed by atoms with Crippen molar-refractivity contribution in [2.24, 2.45) is 11.8 Å². The van der Waals surface area contributed by atoms with Gasteiger partial charge in [0.25, 0.3) is 0 Å². The Hall–Kier alpha value is -1.65. The van der Waals surface area contributed by atoms with Crippen LogP contribution in [0.25, 0.3) is 0 Å². The molecule has 0 saturated carbocycles. The Morgan fingerprint density at radius 3 is 2.74 bits per heavy atom. The molecule has 0 aromatic carbocycles. The first-order valence-corrected chi connectivity index (χ1v) is 6.74. The third kappa shape index (κ3) is 6.18. The van der Waals surface area contributed by atoms with Crippen molar-refractivity contribution in [3.05, 3.63) is 18.0 Å². The predicted molar refractivity (Wildman–Crippen MR) is 75.1 cm³/mol. The summed E-state index contributed by atoms with van der Waals surface area (Å²) in [7, 11) is 0. The molecule has 0 aliphatic heterocycles. The van der Waals surface area contributed by atoms with Crippen LogP contribution in [0.15, 0.2) is 12.3 Å². The molecule has 1 rings (SSSR count). The standard InChI is InChI=1S/C14H23N3O2/c1-10(2)12(4-5-13(18)19)7-9-16-14-15-8-6-11(3)17-14/h6,8,10,12H,4-5,7,9H2,1-3H3,(H,18,19)(H,15,16,17). The van der Waals surface area contributed by atoms with Crippen molar-refractivity contribution < 1.29 is 9.90 Å². The van der Waals surface area contributed by atoms with Crippen LogP contribution < -0.4 is 5.32 Å². The summed E-state index contributed by atoms with van der Waals surface area (Å²) in [4.78, 5) is 19.0. The van der Waals surface area contributed by atoms with Gasteiger partial charge in [0, 0.05) is 24.9 Å². The monoisotopic (exact) mass is 265 g/mol. The Bertz CT molecular complexity index is 407. The van der Waals surface area contributed by atoms with E-state index in [0.717, 1.165) is 25.1 Å². The van der Waals surface area contributed by atoms with Gasteiger partial charge in [0.1, 0.15) is 0 Å². The van der Waals surface area contributed by atoms with E-state index in [2.05, 4.69) is 29.1 Å². The molecule has 0 amide bonds. The second-order valence-electron chi connectivity index (χ2n) is 5.17. The fourth-order valence-electron chi connectivity index (χ4n) is 2.02. The summed E-state index contributed by atoms with van der Waals surface area (Å²) >= 11 is 0. The van der Waals surface area contributed by atoms with Crippen LogP contribution in [0.1, 0.15) is 38.8 Å². The molecule has 0 fully saturated rings. The van der Waals surface area contributed by atoms with Crippen LogP contribution in [-0.2, 0) is 4.79 Å². The van der Waals surface area contributed by atoms with Gasteiger partial charge < -0.3 is 10.4 Å². The van der Waals surface area contributed by atoms with Gasteiger partial charge in [-0.15, -0.1) is 0 Å². The van der Waals surface area contributed by atoms with E-state index in [1.54, 1.807) is 6.20 Å². The third-order valence-electron chi connectivity index (χ3n) is 3.26. The van der Waals surface area contributed by atoms with Crippen LogP contribution in [0.5, 0.6) is 0 Å². The van der Waals surface area contributed by atoms with Crippen molar-refractivity contribution in [3.63, 3.8) is 0 Å². The Labute approximate surface area is 114 Å². The highest BCUT2D eigenvalue weighted by molar-refractivity contribution is 5.66. The lowest BCUT2D eigenvalue weighted by atomic mass is 9.88. The fourth-order valence-corrected chi connectivity index (χ4v) is 2.02. The average Bonchev–Trinajstić information content (AvgIpc) is 2.32. The molecule has 1 aromatic heterocycles. The Morgan fingerprint density at radius 2 is 2.16 bits per heavy atom. The maximum absolute atomic E-state index is 10.6. The van der Waals surface area contributed by atoms with Crippen molar-refractivity contribution in [1.82, 2.24) is 9.97 Å².